The molecule has 2 aliphatic rings. The first-order chi connectivity index (χ1) is 25.7. The fourth-order valence-corrected chi connectivity index (χ4v) is 6.71. The van der Waals surface area contributed by atoms with Crippen molar-refractivity contribution in [1.29, 1.82) is 0 Å². The van der Waals surface area contributed by atoms with Gasteiger partial charge in [0.25, 0.3) is 0 Å². The summed E-state index contributed by atoms with van der Waals surface area (Å²) in [6.07, 6.45) is 0.0528. The summed E-state index contributed by atoms with van der Waals surface area (Å²) in [5, 5.41) is 12.2. The molecule has 5 amide bonds. The van der Waals surface area contributed by atoms with Crippen molar-refractivity contribution in [3.8, 4) is 5.95 Å². The number of carbonyl (C=O) groups is 6. The molecular formula is C39H48N6O9. The van der Waals surface area contributed by atoms with Gasteiger partial charge >= 0.3 is 12.0 Å². The van der Waals surface area contributed by atoms with Gasteiger partial charge in [0, 0.05) is 18.5 Å². The molecule has 3 aromatic rings. The highest BCUT2D eigenvalue weighted by atomic mass is 16.7. The highest BCUT2D eigenvalue weighted by Gasteiger charge is 2.51. The van der Waals surface area contributed by atoms with Crippen LogP contribution < -0.4 is 26.4 Å². The lowest BCUT2D eigenvalue weighted by atomic mass is 9.92. The number of likely N-dealkylation sites (tertiary alicyclic amines) is 1. The quantitative estimate of drug-likeness (QED) is 0.140. The lowest BCUT2D eigenvalue weighted by Gasteiger charge is -2.33. The molecule has 3 heterocycles. The number of primary amides is 1. The second kappa shape index (κ2) is 17.5. The van der Waals surface area contributed by atoms with Crippen LogP contribution in [-0.4, -0.2) is 88.0 Å². The summed E-state index contributed by atoms with van der Waals surface area (Å²) in [7, 11) is 0. The van der Waals surface area contributed by atoms with Crippen molar-refractivity contribution >= 4 is 35.5 Å². The topological polar surface area (TPSA) is 216 Å². The molecule has 0 radical (unpaired) electrons. The lowest BCUT2D eigenvalue weighted by molar-refractivity contribution is -0.142. The van der Waals surface area contributed by atoms with Gasteiger partial charge in [-0.2, -0.15) is 0 Å². The Morgan fingerprint density at radius 3 is 2.24 bits per heavy atom. The summed E-state index contributed by atoms with van der Waals surface area (Å²) in [4.78, 5) is 81.3. The van der Waals surface area contributed by atoms with Gasteiger partial charge in [0.15, 0.2) is 5.78 Å². The van der Waals surface area contributed by atoms with E-state index in [1.54, 1.807) is 6.92 Å². The molecule has 2 fully saturated rings. The summed E-state index contributed by atoms with van der Waals surface area (Å²) < 4.78 is 14.9. The minimum absolute atomic E-state index is 0.0979. The van der Waals surface area contributed by atoms with Crippen LogP contribution in [0.3, 0.4) is 0 Å². The Labute approximate surface area is 313 Å². The molecule has 54 heavy (non-hydrogen) atoms. The largest absolute Gasteiger partial charge is 0.412 e. The van der Waals surface area contributed by atoms with Crippen molar-refractivity contribution in [2.24, 2.45) is 11.7 Å². The fourth-order valence-electron chi connectivity index (χ4n) is 6.71. The molecule has 0 bridgehead atoms. The minimum Gasteiger partial charge on any atom is -0.374 e. The van der Waals surface area contributed by atoms with Crippen LogP contribution in [0.25, 0.3) is 0 Å². The van der Waals surface area contributed by atoms with E-state index in [4.69, 9.17) is 15.0 Å². The van der Waals surface area contributed by atoms with E-state index in [1.807, 2.05) is 81.4 Å². The number of amides is 5. The molecular weight excluding hydrogens is 696 g/mol. The molecule has 2 aliphatic heterocycles. The van der Waals surface area contributed by atoms with Crippen molar-refractivity contribution in [2.45, 2.75) is 102 Å². The third-order valence-corrected chi connectivity index (χ3v) is 9.57. The number of nitrogens with zero attached hydrogens (tertiary/aromatic N) is 2. The van der Waals surface area contributed by atoms with E-state index in [0.717, 1.165) is 11.1 Å². The summed E-state index contributed by atoms with van der Waals surface area (Å²) in [6.45, 7) is 7.73. The number of ketones is 1. The zero-order chi connectivity index (χ0) is 39.0. The summed E-state index contributed by atoms with van der Waals surface area (Å²) in [6, 6.07) is 15.7. The first-order valence-corrected chi connectivity index (χ1v) is 18.1. The van der Waals surface area contributed by atoms with Crippen LogP contribution in [0.1, 0.15) is 63.8 Å². The number of aromatic nitrogens is 1. The third kappa shape index (κ3) is 10.5. The van der Waals surface area contributed by atoms with E-state index in [-0.39, 0.29) is 55.6 Å². The van der Waals surface area contributed by atoms with Crippen LogP contribution in [0.15, 0.2) is 71.3 Å². The number of nitrogens with two attached hydrogens (primary N) is 1. The standard InChI is InChI=1S/C39H48N6O9/c1-23(2)17-29(34(47)39(4)22-52-39)42-36(49)31(19-26-13-9-6-10-14-26)45-24(3)18-30(37(45)50)43-35(48)28(16-15-25-11-7-5-8-12-25)41-32(46)20-27-21-33(54-44-27)53-38(40)51/h5-14,21,23-24,28-31H,15-20,22H2,1-4H3,(H2,40,51)(H,41,46)(H,42,49)(H,43,48)/t24?,28-,29-,30-,31-,39?/m0/s1. The van der Waals surface area contributed by atoms with Gasteiger partial charge in [-0.25, -0.2) is 4.79 Å². The summed E-state index contributed by atoms with van der Waals surface area (Å²) in [5.41, 5.74) is 5.95. The maximum absolute atomic E-state index is 14.2. The first kappa shape index (κ1) is 39.6. The van der Waals surface area contributed by atoms with Crippen LogP contribution in [0, 0.1) is 5.92 Å². The van der Waals surface area contributed by atoms with Gasteiger partial charge in [-0.15, -0.1) is 0 Å². The zero-order valence-electron chi connectivity index (χ0n) is 30.9. The van der Waals surface area contributed by atoms with Gasteiger partial charge < -0.3 is 40.6 Å². The van der Waals surface area contributed by atoms with Crippen LogP contribution >= 0.6 is 0 Å². The molecule has 15 heteroatoms. The number of rotatable bonds is 18. The van der Waals surface area contributed by atoms with Crippen LogP contribution in [0.5, 0.6) is 5.95 Å². The van der Waals surface area contributed by atoms with E-state index in [2.05, 4.69) is 25.8 Å². The predicted octanol–water partition coefficient (Wildman–Crippen LogP) is 2.40. The number of aryl methyl sites for hydroxylation is 1. The monoisotopic (exact) mass is 744 g/mol. The average Bonchev–Trinajstić information content (AvgIpc) is 3.64. The average molecular weight is 745 g/mol. The molecule has 2 saturated heterocycles. The number of ether oxygens (including phenoxy) is 2. The highest BCUT2D eigenvalue weighted by Crippen LogP contribution is 2.30. The number of Topliss-reactive ketones (excluding diaryl/α,β-unsaturated/α-hetero) is 1. The normalized spacial score (nSPS) is 20.8. The van der Waals surface area contributed by atoms with E-state index < -0.39 is 65.5 Å². The molecule has 1 aromatic heterocycles. The van der Waals surface area contributed by atoms with Crippen molar-refractivity contribution in [2.75, 3.05) is 6.61 Å². The number of hydrogen-bond donors (Lipinski definition) is 4. The van der Waals surface area contributed by atoms with E-state index >= 15 is 0 Å². The van der Waals surface area contributed by atoms with Crippen LogP contribution in [-0.2, 0) is 48.0 Å². The second-order valence-electron chi connectivity index (χ2n) is 14.6. The Kier molecular flexibility index (Phi) is 12.8. The third-order valence-electron chi connectivity index (χ3n) is 9.57. The van der Waals surface area contributed by atoms with E-state index in [1.165, 1.54) is 11.0 Å². The molecule has 2 unspecified atom stereocenters. The Morgan fingerprint density at radius 2 is 1.63 bits per heavy atom. The Balaban J connectivity index is 1.32. The summed E-state index contributed by atoms with van der Waals surface area (Å²) in [5.74, 6) is -2.46. The number of nitrogens with one attached hydrogen (secondary N) is 3. The van der Waals surface area contributed by atoms with Gasteiger partial charge in [-0.3, -0.25) is 24.0 Å². The van der Waals surface area contributed by atoms with Gasteiger partial charge in [0.1, 0.15) is 23.7 Å². The van der Waals surface area contributed by atoms with Crippen molar-refractivity contribution in [3.05, 3.63) is 83.6 Å². The molecule has 5 rings (SSSR count). The molecule has 0 spiro atoms. The fraction of sp³-hybridized carbons (Fsp3) is 0.462. The van der Waals surface area contributed by atoms with Crippen LogP contribution in [0.4, 0.5) is 4.79 Å². The Bertz CT molecular complexity index is 1810. The van der Waals surface area contributed by atoms with E-state index in [0.29, 0.717) is 12.8 Å². The molecule has 6 atom stereocenters. The Hall–Kier alpha value is -5.57. The van der Waals surface area contributed by atoms with E-state index in [9.17, 15) is 28.8 Å². The van der Waals surface area contributed by atoms with Crippen molar-refractivity contribution < 1.29 is 42.8 Å². The first-order valence-electron chi connectivity index (χ1n) is 18.1. The number of benzene rings is 2. The molecule has 0 saturated carbocycles. The highest BCUT2D eigenvalue weighted by molar-refractivity contribution is 5.99. The smallest absolute Gasteiger partial charge is 0.374 e. The van der Waals surface area contributed by atoms with Gasteiger partial charge in [-0.05, 0) is 56.6 Å². The Morgan fingerprint density at radius 1 is 0.981 bits per heavy atom. The zero-order valence-corrected chi connectivity index (χ0v) is 30.9. The number of carbonyl (C=O) groups excluding carboxylic acids is 6. The predicted molar refractivity (Wildman–Crippen MR) is 195 cm³/mol. The second-order valence-corrected chi connectivity index (χ2v) is 14.6. The van der Waals surface area contributed by atoms with Gasteiger partial charge in [0.2, 0.25) is 23.6 Å². The maximum Gasteiger partial charge on any atom is 0.412 e. The maximum atomic E-state index is 14.2. The van der Waals surface area contributed by atoms with Crippen molar-refractivity contribution in [3.63, 3.8) is 0 Å². The van der Waals surface area contributed by atoms with Gasteiger partial charge in [0.05, 0.1) is 24.8 Å². The number of epoxide rings is 1. The SMILES string of the molecule is CC(C)C[C@H](NC(=O)[C@H](Cc1ccccc1)N1C(=O)[C@@H](NC(=O)[C@H](CCc2ccccc2)NC(=O)Cc2cc(OC(N)=O)on2)CC1C)C(=O)C1(C)CO1. The molecule has 0 aliphatic carbocycles. The van der Waals surface area contributed by atoms with Crippen LogP contribution in [0.2, 0.25) is 0 Å². The molecule has 15 nitrogen and oxygen atoms in total. The lowest BCUT2D eigenvalue weighted by Crippen LogP contribution is -2.57. The van der Waals surface area contributed by atoms with Crippen molar-refractivity contribution in [1.82, 2.24) is 26.0 Å². The minimum atomic E-state index is -1.11. The van der Waals surface area contributed by atoms with Gasteiger partial charge in [-0.1, -0.05) is 79.7 Å². The molecule has 5 N–H and O–H groups in total. The molecule has 2 aromatic carbocycles. The summed E-state index contributed by atoms with van der Waals surface area (Å²) >= 11 is 0. The molecule has 288 valence electrons. The number of hydrogen-bond acceptors (Lipinski definition) is 10.